The van der Waals surface area contributed by atoms with Gasteiger partial charge in [0.15, 0.2) is 6.29 Å². The van der Waals surface area contributed by atoms with Gasteiger partial charge >= 0.3 is 5.97 Å². The van der Waals surface area contributed by atoms with Gasteiger partial charge in [-0.05, 0) is 68.8 Å². The minimum absolute atomic E-state index is 0.334. The van der Waals surface area contributed by atoms with Crippen LogP contribution in [-0.2, 0) is 4.74 Å². The molecule has 0 N–H and O–H groups in total. The maximum absolute atomic E-state index is 11.7. The molecule has 2 saturated heterocycles. The number of methoxy groups -OCH3 is 1. The summed E-state index contributed by atoms with van der Waals surface area (Å²) in [7, 11) is 1.33. The van der Waals surface area contributed by atoms with Gasteiger partial charge in [-0.25, -0.2) is 4.79 Å². The highest BCUT2D eigenvalue weighted by Gasteiger charge is 2.24. The summed E-state index contributed by atoms with van der Waals surface area (Å²) in [5.41, 5.74) is 1.75. The van der Waals surface area contributed by atoms with Crippen LogP contribution in [0.4, 0.5) is 5.69 Å². The van der Waals surface area contributed by atoms with Crippen molar-refractivity contribution >= 4 is 17.9 Å². The third-order valence-electron chi connectivity index (χ3n) is 5.94. The highest BCUT2D eigenvalue weighted by molar-refractivity contribution is 5.99. The quantitative estimate of drug-likeness (QED) is 0.597. The molecule has 2 fully saturated rings. The molecule has 3 rings (SSSR count). The summed E-state index contributed by atoms with van der Waals surface area (Å²) in [6.07, 6.45) is 5.77. The number of nitrogens with zero attached hydrogens (tertiary/aromatic N) is 2. The van der Waals surface area contributed by atoms with E-state index in [0.29, 0.717) is 11.1 Å². The summed E-state index contributed by atoms with van der Waals surface area (Å²) in [5.74, 6) is 1.18. The van der Waals surface area contributed by atoms with Crippen molar-refractivity contribution in [1.82, 2.24) is 4.90 Å². The second-order valence-electron chi connectivity index (χ2n) is 7.79. The topological polar surface area (TPSA) is 49.9 Å². The Morgan fingerprint density at radius 3 is 2.46 bits per heavy atom. The lowest BCUT2D eigenvalue weighted by Gasteiger charge is -2.38. The van der Waals surface area contributed by atoms with E-state index in [9.17, 15) is 9.59 Å². The van der Waals surface area contributed by atoms with Gasteiger partial charge in [-0.1, -0.05) is 6.92 Å². The van der Waals surface area contributed by atoms with Gasteiger partial charge < -0.3 is 14.5 Å². The fourth-order valence-electron chi connectivity index (χ4n) is 4.12. The predicted octanol–water partition coefficient (Wildman–Crippen LogP) is 3.23. The van der Waals surface area contributed by atoms with E-state index >= 15 is 0 Å². The summed E-state index contributed by atoms with van der Waals surface area (Å²) in [6.45, 7) is 8.09. The lowest BCUT2D eigenvalue weighted by Crippen LogP contribution is -2.41. The van der Waals surface area contributed by atoms with Crippen molar-refractivity contribution < 1.29 is 14.3 Å². The average Bonchev–Trinajstić information content (AvgIpc) is 2.69. The summed E-state index contributed by atoms with van der Waals surface area (Å²) in [6, 6.07) is 5.43. The molecule has 0 spiro atoms. The molecule has 0 amide bonds. The SMILES string of the molecule is COC(=O)c1ccc(N2CCC(CN3CCC(C)CC3)CC2)cc1C=O. The number of anilines is 1. The first-order chi connectivity index (χ1) is 12.6. The van der Waals surface area contributed by atoms with Gasteiger partial charge in [0.1, 0.15) is 0 Å². The van der Waals surface area contributed by atoms with E-state index in [0.717, 1.165) is 36.9 Å². The molecular formula is C21H30N2O3. The highest BCUT2D eigenvalue weighted by Crippen LogP contribution is 2.27. The fourth-order valence-corrected chi connectivity index (χ4v) is 4.12. The first kappa shape index (κ1) is 18.9. The Hall–Kier alpha value is -1.88. The lowest BCUT2D eigenvalue weighted by atomic mass is 9.93. The van der Waals surface area contributed by atoms with Gasteiger partial charge in [-0.2, -0.15) is 0 Å². The van der Waals surface area contributed by atoms with Gasteiger partial charge in [0.2, 0.25) is 0 Å². The molecular weight excluding hydrogens is 328 g/mol. The summed E-state index contributed by atoms with van der Waals surface area (Å²) < 4.78 is 4.74. The monoisotopic (exact) mass is 358 g/mol. The van der Waals surface area contributed by atoms with Crippen molar-refractivity contribution in [2.75, 3.05) is 44.7 Å². The predicted molar refractivity (Wildman–Crippen MR) is 103 cm³/mol. The number of ether oxygens (including phenoxy) is 1. The smallest absolute Gasteiger partial charge is 0.338 e. The number of aldehydes is 1. The zero-order chi connectivity index (χ0) is 18.5. The van der Waals surface area contributed by atoms with Crippen LogP contribution in [0.15, 0.2) is 18.2 Å². The van der Waals surface area contributed by atoms with Gasteiger partial charge in [0.05, 0.1) is 12.7 Å². The molecule has 5 heteroatoms. The van der Waals surface area contributed by atoms with Crippen LogP contribution in [0.1, 0.15) is 53.3 Å². The molecule has 1 aromatic carbocycles. The van der Waals surface area contributed by atoms with Crippen LogP contribution in [0.2, 0.25) is 0 Å². The fraction of sp³-hybridized carbons (Fsp3) is 0.619. The van der Waals surface area contributed by atoms with E-state index in [1.54, 1.807) is 6.07 Å². The number of carbonyl (C=O) groups is 2. The van der Waals surface area contributed by atoms with Crippen molar-refractivity contribution in [3.8, 4) is 0 Å². The number of likely N-dealkylation sites (tertiary alicyclic amines) is 1. The van der Waals surface area contributed by atoms with E-state index in [-0.39, 0.29) is 0 Å². The average molecular weight is 358 g/mol. The lowest BCUT2D eigenvalue weighted by molar-refractivity contribution is 0.0598. The Morgan fingerprint density at radius 2 is 1.85 bits per heavy atom. The molecule has 1 aromatic rings. The third-order valence-corrected chi connectivity index (χ3v) is 5.94. The van der Waals surface area contributed by atoms with Crippen LogP contribution in [0.3, 0.4) is 0 Å². The zero-order valence-corrected chi connectivity index (χ0v) is 15.9. The van der Waals surface area contributed by atoms with Crippen LogP contribution >= 0.6 is 0 Å². The van der Waals surface area contributed by atoms with E-state index in [1.807, 2.05) is 12.1 Å². The summed E-state index contributed by atoms with van der Waals surface area (Å²) in [5, 5.41) is 0. The van der Waals surface area contributed by atoms with E-state index in [4.69, 9.17) is 4.74 Å². The van der Waals surface area contributed by atoms with Crippen molar-refractivity contribution in [2.45, 2.75) is 32.6 Å². The number of carbonyl (C=O) groups excluding carboxylic acids is 2. The van der Waals surface area contributed by atoms with Crippen LogP contribution in [0.5, 0.6) is 0 Å². The largest absolute Gasteiger partial charge is 0.465 e. The first-order valence-corrected chi connectivity index (χ1v) is 9.75. The van der Waals surface area contributed by atoms with Crippen LogP contribution in [-0.4, -0.2) is 57.0 Å². The van der Waals surface area contributed by atoms with E-state index in [1.165, 1.54) is 52.4 Å². The molecule has 0 radical (unpaired) electrons. The Labute approximate surface area is 156 Å². The maximum Gasteiger partial charge on any atom is 0.338 e. The summed E-state index contributed by atoms with van der Waals surface area (Å²) >= 11 is 0. The number of hydrogen-bond donors (Lipinski definition) is 0. The molecule has 0 unspecified atom stereocenters. The Balaban J connectivity index is 1.56. The molecule has 0 aromatic heterocycles. The van der Waals surface area contributed by atoms with Crippen LogP contribution in [0.25, 0.3) is 0 Å². The number of hydrogen-bond acceptors (Lipinski definition) is 5. The second-order valence-corrected chi connectivity index (χ2v) is 7.79. The maximum atomic E-state index is 11.7. The Morgan fingerprint density at radius 1 is 1.15 bits per heavy atom. The molecule has 0 atom stereocenters. The van der Waals surface area contributed by atoms with Crippen LogP contribution < -0.4 is 4.90 Å². The molecule has 2 heterocycles. The Kier molecular flexibility index (Phi) is 6.30. The van der Waals surface area contributed by atoms with Gasteiger partial charge in [0, 0.05) is 30.9 Å². The van der Waals surface area contributed by atoms with Gasteiger partial charge in [-0.15, -0.1) is 0 Å². The minimum Gasteiger partial charge on any atom is -0.465 e. The third kappa shape index (κ3) is 4.44. The number of piperidine rings is 2. The molecule has 2 aliphatic rings. The zero-order valence-electron chi connectivity index (χ0n) is 15.9. The van der Waals surface area contributed by atoms with Crippen molar-refractivity contribution in [3.63, 3.8) is 0 Å². The molecule has 0 aliphatic carbocycles. The molecule has 2 aliphatic heterocycles. The molecule has 0 bridgehead atoms. The summed E-state index contributed by atoms with van der Waals surface area (Å²) in [4.78, 5) is 28.0. The number of rotatable bonds is 5. The minimum atomic E-state index is -0.465. The van der Waals surface area contributed by atoms with E-state index in [2.05, 4.69) is 16.7 Å². The highest BCUT2D eigenvalue weighted by atomic mass is 16.5. The van der Waals surface area contributed by atoms with E-state index < -0.39 is 5.97 Å². The van der Waals surface area contributed by atoms with Crippen LogP contribution in [0, 0.1) is 11.8 Å². The number of benzene rings is 1. The van der Waals surface area contributed by atoms with Crippen molar-refractivity contribution in [3.05, 3.63) is 29.3 Å². The molecule has 142 valence electrons. The standard InChI is InChI=1S/C21H30N2O3/c1-16-5-9-22(10-6-16)14-17-7-11-23(12-8-17)19-3-4-20(21(25)26-2)18(13-19)15-24/h3-4,13,15-17H,5-12,14H2,1-2H3. The molecule has 0 saturated carbocycles. The second kappa shape index (κ2) is 8.67. The molecule has 5 nitrogen and oxygen atoms in total. The van der Waals surface area contributed by atoms with Crippen molar-refractivity contribution in [1.29, 1.82) is 0 Å². The normalized spacial score (nSPS) is 20.2. The van der Waals surface area contributed by atoms with Crippen molar-refractivity contribution in [2.24, 2.45) is 11.8 Å². The Bertz CT molecular complexity index is 630. The first-order valence-electron chi connectivity index (χ1n) is 9.75. The van der Waals surface area contributed by atoms with Gasteiger partial charge in [0.25, 0.3) is 0 Å². The molecule has 26 heavy (non-hydrogen) atoms. The van der Waals surface area contributed by atoms with Gasteiger partial charge in [-0.3, -0.25) is 4.79 Å². The number of esters is 1.